The third kappa shape index (κ3) is 2.56. The van der Waals surface area contributed by atoms with Crippen LogP contribution in [0.1, 0.15) is 28.7 Å². The number of carbonyl (C=O) groups excluding carboxylic acids is 1. The van der Waals surface area contributed by atoms with Crippen molar-refractivity contribution in [2.24, 2.45) is 5.73 Å². The predicted octanol–water partition coefficient (Wildman–Crippen LogP) is 3.08. The largest absolute Gasteiger partial charge is 0.486 e. The molecular weight excluding hydrogens is 304 g/mol. The summed E-state index contributed by atoms with van der Waals surface area (Å²) in [6, 6.07) is 5.76. The van der Waals surface area contributed by atoms with E-state index in [0.29, 0.717) is 31.1 Å². The van der Waals surface area contributed by atoms with Crippen LogP contribution in [-0.2, 0) is 13.0 Å². The molecule has 0 unspecified atom stereocenters. The van der Waals surface area contributed by atoms with Crippen molar-refractivity contribution >= 4 is 5.91 Å². The van der Waals surface area contributed by atoms with Gasteiger partial charge in [-0.15, -0.1) is 6.58 Å². The Balaban J connectivity index is 2.24. The summed E-state index contributed by atoms with van der Waals surface area (Å²) in [6.45, 7) is 9.52. The van der Waals surface area contributed by atoms with Crippen LogP contribution in [-0.4, -0.2) is 23.7 Å². The molecule has 5 heteroatoms. The lowest BCUT2D eigenvalue weighted by atomic mass is 9.98. The molecule has 1 aromatic carbocycles. The molecule has 0 aliphatic carbocycles. The van der Waals surface area contributed by atoms with Crippen LogP contribution in [0.4, 0.5) is 0 Å². The van der Waals surface area contributed by atoms with Gasteiger partial charge < -0.3 is 19.8 Å². The predicted molar refractivity (Wildman–Crippen MR) is 93.7 cm³/mol. The van der Waals surface area contributed by atoms with Crippen molar-refractivity contribution in [2.75, 3.05) is 13.2 Å². The smallest absolute Gasteiger partial charge is 0.251 e. The number of allylic oxidation sites excluding steroid dienone is 1. The minimum Gasteiger partial charge on any atom is -0.486 e. The molecule has 1 aliphatic rings. The second-order valence-corrected chi connectivity index (χ2v) is 5.76. The van der Waals surface area contributed by atoms with Crippen molar-refractivity contribution < 1.29 is 14.3 Å². The average Bonchev–Trinajstić information content (AvgIpc) is 2.87. The number of hydrogen-bond donors (Lipinski definition) is 1. The molecule has 0 saturated carbocycles. The summed E-state index contributed by atoms with van der Waals surface area (Å²) in [6.07, 6.45) is 2.61. The van der Waals surface area contributed by atoms with Crippen LogP contribution >= 0.6 is 0 Å². The van der Waals surface area contributed by atoms with Gasteiger partial charge in [0.2, 0.25) is 0 Å². The zero-order valence-corrected chi connectivity index (χ0v) is 14.1. The van der Waals surface area contributed by atoms with Crippen molar-refractivity contribution in [2.45, 2.75) is 26.8 Å². The lowest BCUT2D eigenvalue weighted by molar-refractivity contribution is 0.1000. The molecule has 24 heavy (non-hydrogen) atoms. The molecule has 1 aromatic heterocycles. The molecule has 0 fully saturated rings. The first-order valence-electron chi connectivity index (χ1n) is 8.11. The van der Waals surface area contributed by atoms with E-state index in [1.54, 1.807) is 0 Å². The Morgan fingerprint density at radius 2 is 2.04 bits per heavy atom. The number of rotatable bonds is 5. The van der Waals surface area contributed by atoms with Crippen molar-refractivity contribution in [1.29, 1.82) is 0 Å². The monoisotopic (exact) mass is 326 g/mol. The SMILES string of the molecule is C=CCn1c(C)c(C(N)=O)c(-c2ccc3c(c2)OCCO3)c1CC. The molecule has 0 saturated heterocycles. The van der Waals surface area contributed by atoms with Gasteiger partial charge in [0.25, 0.3) is 5.91 Å². The van der Waals surface area contributed by atoms with Crippen LogP contribution in [0, 0.1) is 6.92 Å². The van der Waals surface area contributed by atoms with Gasteiger partial charge in [-0.1, -0.05) is 19.1 Å². The first-order valence-corrected chi connectivity index (χ1v) is 8.11. The van der Waals surface area contributed by atoms with Gasteiger partial charge in [0.15, 0.2) is 11.5 Å². The molecule has 0 bridgehead atoms. The lowest BCUT2D eigenvalue weighted by Gasteiger charge is -2.19. The van der Waals surface area contributed by atoms with Crippen LogP contribution in [0.2, 0.25) is 0 Å². The fraction of sp³-hybridized carbons (Fsp3) is 0.316. The summed E-state index contributed by atoms with van der Waals surface area (Å²) >= 11 is 0. The van der Waals surface area contributed by atoms with Crippen LogP contribution < -0.4 is 15.2 Å². The van der Waals surface area contributed by atoms with E-state index in [2.05, 4.69) is 18.1 Å². The number of amides is 1. The van der Waals surface area contributed by atoms with Crippen LogP contribution in [0.25, 0.3) is 11.1 Å². The molecule has 126 valence electrons. The Hall–Kier alpha value is -2.69. The number of aromatic nitrogens is 1. The molecule has 3 rings (SSSR count). The van der Waals surface area contributed by atoms with Gasteiger partial charge >= 0.3 is 0 Å². The molecule has 1 aliphatic heterocycles. The average molecular weight is 326 g/mol. The minimum absolute atomic E-state index is 0.421. The number of hydrogen-bond acceptors (Lipinski definition) is 3. The minimum atomic E-state index is -0.421. The van der Waals surface area contributed by atoms with Crippen molar-refractivity contribution in [1.82, 2.24) is 4.57 Å². The highest BCUT2D eigenvalue weighted by Gasteiger charge is 2.24. The zero-order valence-electron chi connectivity index (χ0n) is 14.1. The van der Waals surface area contributed by atoms with Gasteiger partial charge in [0, 0.05) is 23.5 Å². The Morgan fingerprint density at radius 1 is 1.33 bits per heavy atom. The van der Waals surface area contributed by atoms with Gasteiger partial charge in [-0.3, -0.25) is 4.79 Å². The molecular formula is C19H22N2O3. The fourth-order valence-electron chi connectivity index (χ4n) is 3.35. The first-order chi connectivity index (χ1) is 11.6. The van der Waals surface area contributed by atoms with Gasteiger partial charge in [-0.05, 0) is 31.0 Å². The van der Waals surface area contributed by atoms with E-state index in [1.807, 2.05) is 31.2 Å². The van der Waals surface area contributed by atoms with Crippen molar-refractivity contribution in [3.8, 4) is 22.6 Å². The lowest BCUT2D eigenvalue weighted by Crippen LogP contribution is -2.15. The quantitative estimate of drug-likeness (QED) is 0.859. The number of nitrogens with zero attached hydrogens (tertiary/aromatic N) is 1. The molecule has 1 amide bonds. The van der Waals surface area contributed by atoms with E-state index in [0.717, 1.165) is 34.7 Å². The van der Waals surface area contributed by atoms with Gasteiger partial charge in [-0.25, -0.2) is 0 Å². The van der Waals surface area contributed by atoms with Gasteiger partial charge in [0.1, 0.15) is 13.2 Å². The van der Waals surface area contributed by atoms with E-state index >= 15 is 0 Å². The Bertz CT molecular complexity index is 805. The highest BCUT2D eigenvalue weighted by molar-refractivity contribution is 6.02. The number of carbonyl (C=O) groups is 1. The summed E-state index contributed by atoms with van der Waals surface area (Å²) in [5, 5.41) is 0. The standard InChI is InChI=1S/C19H22N2O3/c1-4-8-21-12(3)17(19(20)22)18(14(21)5-2)13-6-7-15-16(11-13)24-10-9-23-15/h4,6-7,11H,1,5,8-10H2,2-3H3,(H2,20,22). The van der Waals surface area contributed by atoms with Crippen LogP contribution in [0.5, 0.6) is 11.5 Å². The number of benzene rings is 1. The molecule has 0 atom stereocenters. The third-order valence-corrected chi connectivity index (χ3v) is 4.35. The number of ether oxygens (including phenoxy) is 2. The molecule has 5 nitrogen and oxygen atoms in total. The van der Waals surface area contributed by atoms with Crippen LogP contribution in [0.15, 0.2) is 30.9 Å². The maximum Gasteiger partial charge on any atom is 0.251 e. The maximum absolute atomic E-state index is 12.1. The maximum atomic E-state index is 12.1. The topological polar surface area (TPSA) is 66.5 Å². The highest BCUT2D eigenvalue weighted by atomic mass is 16.6. The first kappa shape index (κ1) is 16.2. The number of primary amides is 1. The Labute approximate surface area is 141 Å². The van der Waals surface area contributed by atoms with Crippen molar-refractivity contribution in [3.63, 3.8) is 0 Å². The summed E-state index contributed by atoms with van der Waals surface area (Å²) in [7, 11) is 0. The fourth-order valence-corrected chi connectivity index (χ4v) is 3.35. The number of fused-ring (bicyclic) bond motifs is 1. The van der Waals surface area contributed by atoms with E-state index < -0.39 is 5.91 Å². The van der Waals surface area contributed by atoms with E-state index in [9.17, 15) is 4.79 Å². The summed E-state index contributed by atoms with van der Waals surface area (Å²) in [4.78, 5) is 12.1. The molecule has 2 N–H and O–H groups in total. The van der Waals surface area contributed by atoms with Gasteiger partial charge in [-0.2, -0.15) is 0 Å². The zero-order chi connectivity index (χ0) is 17.3. The Kier molecular flexibility index (Phi) is 4.34. The van der Waals surface area contributed by atoms with Gasteiger partial charge in [0.05, 0.1) is 5.56 Å². The molecule has 0 spiro atoms. The second-order valence-electron chi connectivity index (χ2n) is 5.76. The molecule has 0 radical (unpaired) electrons. The normalized spacial score (nSPS) is 12.9. The molecule has 2 aromatic rings. The third-order valence-electron chi connectivity index (χ3n) is 4.35. The molecule has 2 heterocycles. The summed E-state index contributed by atoms with van der Waals surface area (Å²) in [5.41, 5.74) is 9.97. The van der Waals surface area contributed by atoms with Crippen LogP contribution in [0.3, 0.4) is 0 Å². The Morgan fingerprint density at radius 3 is 2.67 bits per heavy atom. The highest BCUT2D eigenvalue weighted by Crippen LogP contribution is 2.39. The van der Waals surface area contributed by atoms with E-state index in [-0.39, 0.29) is 0 Å². The van der Waals surface area contributed by atoms with E-state index in [4.69, 9.17) is 15.2 Å². The summed E-state index contributed by atoms with van der Waals surface area (Å²) < 4.78 is 13.4. The van der Waals surface area contributed by atoms with Crippen molar-refractivity contribution in [3.05, 3.63) is 47.8 Å². The number of nitrogens with two attached hydrogens (primary N) is 1. The summed E-state index contributed by atoms with van der Waals surface area (Å²) in [5.74, 6) is 1.01. The van der Waals surface area contributed by atoms with E-state index in [1.165, 1.54) is 0 Å². The second kappa shape index (κ2) is 6.43.